The predicted molar refractivity (Wildman–Crippen MR) is 408 cm³/mol. The van der Waals surface area contributed by atoms with Gasteiger partial charge in [0.15, 0.2) is 5.82 Å². The summed E-state index contributed by atoms with van der Waals surface area (Å²) in [5.74, 6) is 0.782. The lowest BCUT2D eigenvalue weighted by molar-refractivity contribution is 0.398. The summed E-state index contributed by atoms with van der Waals surface area (Å²) in [6.45, 7) is 13.9. The van der Waals surface area contributed by atoms with Gasteiger partial charge in [-0.25, -0.2) is 9.97 Å². The molecule has 0 bridgehead atoms. The number of fused-ring (bicyclic) bond motifs is 11. The first-order valence-electron chi connectivity index (χ1n) is 37.5. The molecule has 2 aliphatic carbocycles. The Bertz CT molecular complexity index is 4410. The van der Waals surface area contributed by atoms with Crippen LogP contribution in [-0.4, -0.2) is 9.97 Å². The van der Waals surface area contributed by atoms with Crippen LogP contribution >= 0.6 is 0 Å². The molecule has 0 unspecified atom stereocenters. The standard InChI is InChI=1S/C92H104N2/c1-7-11-15-19-23-29-53-91(54-30-24-20-16-12-8-2)84-57-65(5)41-49-77(84)79-51-47-72(62-86(79)91)88-64-89(94-90(93-88)74-45-44-68-43-42-67-36-27-28-39-75(67)82(68)60-74)73-48-52-80-78-50-46-71(76-40-34-38-70-58-81-66(6)35-33-37-69(81)59-83(70)76)61-85(78)92(87(80)63-73,55-31-25-21-17-13-9-3)56-32-26-22-18-14-10-4/h27-28,33-52,57-64H,7-26,29-32,53-56H2,1-6H3. The Balaban J connectivity index is 0.973. The van der Waals surface area contributed by atoms with Gasteiger partial charge in [0.05, 0.1) is 11.4 Å². The van der Waals surface area contributed by atoms with Crippen molar-refractivity contribution in [1.82, 2.24) is 9.97 Å². The molecule has 0 fully saturated rings. The van der Waals surface area contributed by atoms with E-state index in [1.165, 1.54) is 282 Å². The summed E-state index contributed by atoms with van der Waals surface area (Å²) in [7, 11) is 0. The maximum absolute atomic E-state index is 5.80. The van der Waals surface area contributed by atoms with Gasteiger partial charge in [0.2, 0.25) is 0 Å². The smallest absolute Gasteiger partial charge is 0.160 e. The fourth-order valence-electron chi connectivity index (χ4n) is 17.2. The van der Waals surface area contributed by atoms with Crippen LogP contribution in [0.3, 0.4) is 0 Å². The third-order valence-corrected chi connectivity index (χ3v) is 22.4. The zero-order valence-electron chi connectivity index (χ0n) is 58.0. The molecule has 2 heteroatoms. The van der Waals surface area contributed by atoms with Crippen LogP contribution in [-0.2, 0) is 10.8 Å². The van der Waals surface area contributed by atoms with E-state index in [1.54, 1.807) is 5.56 Å². The average molecular weight is 1240 g/mol. The molecule has 0 radical (unpaired) electrons. The van der Waals surface area contributed by atoms with Gasteiger partial charge in [-0.05, 0) is 186 Å². The van der Waals surface area contributed by atoms with Crippen molar-refractivity contribution in [2.45, 2.75) is 232 Å². The van der Waals surface area contributed by atoms with Crippen molar-refractivity contribution in [2.75, 3.05) is 0 Å². The summed E-state index contributed by atoms with van der Waals surface area (Å²) in [6, 6.07) is 71.3. The van der Waals surface area contributed by atoms with E-state index >= 15 is 0 Å². The number of rotatable bonds is 32. The maximum atomic E-state index is 5.80. The van der Waals surface area contributed by atoms with Gasteiger partial charge in [-0.3, -0.25) is 0 Å². The summed E-state index contributed by atoms with van der Waals surface area (Å²) in [4.78, 5) is 11.6. The molecule has 0 atom stereocenters. The fraction of sp³-hybridized carbons (Fsp3) is 0.391. The van der Waals surface area contributed by atoms with Crippen molar-refractivity contribution in [3.05, 3.63) is 215 Å². The number of benzene rings is 10. The highest BCUT2D eigenvalue weighted by Crippen LogP contribution is 2.58. The largest absolute Gasteiger partial charge is 0.228 e. The second-order valence-corrected chi connectivity index (χ2v) is 28.9. The number of hydrogen-bond acceptors (Lipinski definition) is 2. The average Bonchev–Trinajstić information content (AvgIpc) is 1.56. The molecule has 0 aliphatic heterocycles. The zero-order chi connectivity index (χ0) is 64.4. The molecule has 10 aromatic carbocycles. The topological polar surface area (TPSA) is 25.8 Å². The molecule has 94 heavy (non-hydrogen) atoms. The van der Waals surface area contributed by atoms with Crippen molar-refractivity contribution in [2.24, 2.45) is 0 Å². The lowest BCUT2D eigenvalue weighted by Gasteiger charge is -2.33. The van der Waals surface area contributed by atoms with Crippen molar-refractivity contribution < 1.29 is 0 Å². The molecule has 11 aromatic rings. The van der Waals surface area contributed by atoms with Crippen molar-refractivity contribution in [3.8, 4) is 67.3 Å². The van der Waals surface area contributed by atoms with E-state index < -0.39 is 0 Å². The zero-order valence-corrected chi connectivity index (χ0v) is 58.0. The maximum Gasteiger partial charge on any atom is 0.160 e. The van der Waals surface area contributed by atoms with Crippen LogP contribution in [0.25, 0.3) is 110 Å². The monoisotopic (exact) mass is 1240 g/mol. The Kier molecular flexibility index (Phi) is 20.7. The van der Waals surface area contributed by atoms with Gasteiger partial charge in [0.1, 0.15) is 0 Å². The van der Waals surface area contributed by atoms with Crippen LogP contribution in [0, 0.1) is 13.8 Å². The first kappa shape index (κ1) is 65.0. The molecule has 0 amide bonds. The van der Waals surface area contributed by atoms with Gasteiger partial charge < -0.3 is 0 Å². The number of aromatic nitrogens is 2. The van der Waals surface area contributed by atoms with Crippen LogP contribution < -0.4 is 0 Å². The lowest BCUT2D eigenvalue weighted by Crippen LogP contribution is -2.26. The number of unbranched alkanes of at least 4 members (excludes halogenated alkanes) is 20. The predicted octanol–water partition coefficient (Wildman–Crippen LogP) is 27.9. The van der Waals surface area contributed by atoms with Crippen LogP contribution in [0.1, 0.15) is 241 Å². The van der Waals surface area contributed by atoms with Gasteiger partial charge in [0.25, 0.3) is 0 Å². The first-order chi connectivity index (χ1) is 46.2. The second-order valence-electron chi connectivity index (χ2n) is 28.9. The molecule has 0 spiro atoms. The normalized spacial score (nSPS) is 13.5. The minimum absolute atomic E-state index is 0.0500. The molecule has 13 rings (SSSR count). The van der Waals surface area contributed by atoms with E-state index in [0.29, 0.717) is 0 Å². The van der Waals surface area contributed by atoms with Gasteiger partial charge in [0, 0.05) is 27.5 Å². The minimum Gasteiger partial charge on any atom is -0.228 e. The van der Waals surface area contributed by atoms with Crippen molar-refractivity contribution >= 4 is 43.1 Å². The van der Waals surface area contributed by atoms with E-state index in [-0.39, 0.29) is 10.8 Å². The highest BCUT2D eigenvalue weighted by atomic mass is 14.9. The first-order valence-corrected chi connectivity index (χ1v) is 37.5. The van der Waals surface area contributed by atoms with Crippen LogP contribution in [0.15, 0.2) is 182 Å². The van der Waals surface area contributed by atoms with Crippen LogP contribution in [0.2, 0.25) is 0 Å². The Morgan fingerprint density at radius 1 is 0.266 bits per heavy atom. The molecule has 1 heterocycles. The summed E-state index contributed by atoms with van der Waals surface area (Å²) in [6.07, 6.45) is 35.6. The van der Waals surface area contributed by atoms with Gasteiger partial charge in [-0.2, -0.15) is 0 Å². The summed E-state index contributed by atoms with van der Waals surface area (Å²) in [5.41, 5.74) is 22.3. The highest BCUT2D eigenvalue weighted by Gasteiger charge is 2.44. The van der Waals surface area contributed by atoms with E-state index in [1.807, 2.05) is 0 Å². The number of nitrogens with zero attached hydrogens (tertiary/aromatic N) is 2. The number of hydrogen-bond donors (Lipinski definition) is 0. The van der Waals surface area contributed by atoms with Crippen LogP contribution in [0.5, 0.6) is 0 Å². The fourth-order valence-corrected chi connectivity index (χ4v) is 17.2. The third kappa shape index (κ3) is 13.4. The molecular formula is C92H104N2. The van der Waals surface area contributed by atoms with E-state index in [2.05, 4.69) is 224 Å². The van der Waals surface area contributed by atoms with Gasteiger partial charge >= 0.3 is 0 Å². The molecule has 0 saturated heterocycles. The molecular weight excluding hydrogens is 1130 g/mol. The molecule has 2 nitrogen and oxygen atoms in total. The Morgan fingerprint density at radius 2 is 0.670 bits per heavy atom. The Morgan fingerprint density at radius 3 is 1.21 bits per heavy atom. The van der Waals surface area contributed by atoms with E-state index in [9.17, 15) is 0 Å². The van der Waals surface area contributed by atoms with E-state index in [0.717, 1.165) is 35.6 Å². The quantitative estimate of drug-likeness (QED) is 0.0239. The molecule has 1 aromatic heterocycles. The summed E-state index contributed by atoms with van der Waals surface area (Å²) in [5, 5.41) is 10.3. The third-order valence-electron chi connectivity index (χ3n) is 22.4. The van der Waals surface area contributed by atoms with Gasteiger partial charge in [-0.1, -0.05) is 327 Å². The molecule has 482 valence electrons. The summed E-state index contributed by atoms with van der Waals surface area (Å²) < 4.78 is 0. The van der Waals surface area contributed by atoms with Crippen LogP contribution in [0.4, 0.5) is 0 Å². The summed E-state index contributed by atoms with van der Waals surface area (Å²) >= 11 is 0. The lowest BCUT2D eigenvalue weighted by atomic mass is 9.70. The second kappa shape index (κ2) is 29.9. The Labute approximate surface area is 564 Å². The van der Waals surface area contributed by atoms with Crippen molar-refractivity contribution in [3.63, 3.8) is 0 Å². The minimum atomic E-state index is -0.151. The van der Waals surface area contributed by atoms with E-state index in [4.69, 9.17) is 9.97 Å². The SMILES string of the molecule is CCCCCCCCC1(CCCCCCCC)c2cc(C)ccc2-c2ccc(-c3cc(-c4ccc5c(c4)C(CCCCCCCC)(CCCCCCCC)c4cc(-c6cccc7cc8c(C)cccc8cc67)ccc4-5)nc(-c4ccc5ccc6ccccc6c5c4)n3)cc21. The molecule has 2 aliphatic rings. The van der Waals surface area contributed by atoms with Gasteiger partial charge in [-0.15, -0.1) is 0 Å². The highest BCUT2D eigenvalue weighted by molar-refractivity contribution is 6.09. The Hall–Kier alpha value is -7.68. The number of aryl methyl sites for hydroxylation is 2. The molecule has 0 saturated carbocycles. The van der Waals surface area contributed by atoms with Crippen molar-refractivity contribution in [1.29, 1.82) is 0 Å². The molecule has 0 N–H and O–H groups in total.